The number of aromatic nitrogens is 2. The molecule has 1 fully saturated rings. The van der Waals surface area contributed by atoms with Crippen LogP contribution in [0.15, 0.2) is 36.0 Å². The Morgan fingerprint density at radius 3 is 2.68 bits per heavy atom. The van der Waals surface area contributed by atoms with E-state index in [1.165, 1.54) is 6.42 Å². The summed E-state index contributed by atoms with van der Waals surface area (Å²) in [5.41, 5.74) is 2.41. The minimum Gasteiger partial charge on any atom is -0.349 e. The first-order valence-electron chi connectivity index (χ1n) is 8.39. The van der Waals surface area contributed by atoms with E-state index >= 15 is 0 Å². The minimum absolute atomic E-state index is 0.0854. The lowest BCUT2D eigenvalue weighted by Crippen LogP contribution is -2.36. The third-order valence-electron chi connectivity index (χ3n) is 4.41. The van der Waals surface area contributed by atoms with Crippen molar-refractivity contribution in [2.24, 2.45) is 0 Å². The van der Waals surface area contributed by atoms with Gasteiger partial charge in [0.25, 0.3) is 5.91 Å². The molecule has 5 nitrogen and oxygen atoms in total. The van der Waals surface area contributed by atoms with E-state index in [-0.39, 0.29) is 17.5 Å². The van der Waals surface area contributed by atoms with Crippen molar-refractivity contribution in [3.63, 3.8) is 0 Å². The molecule has 128 valence electrons. The number of nitrogens with zero attached hydrogens (tertiary/aromatic N) is 2. The van der Waals surface area contributed by atoms with E-state index in [0.29, 0.717) is 10.6 Å². The lowest BCUT2D eigenvalue weighted by atomic mass is 9.95. The maximum absolute atomic E-state index is 12.4. The predicted octanol–water partition coefficient (Wildman–Crippen LogP) is 4.09. The molecular formula is C19H19ClN4O. The van der Waals surface area contributed by atoms with Gasteiger partial charge in [0.15, 0.2) is 0 Å². The summed E-state index contributed by atoms with van der Waals surface area (Å²) in [6.45, 7) is 0. The minimum atomic E-state index is -0.322. The van der Waals surface area contributed by atoms with Gasteiger partial charge in [-0.3, -0.25) is 9.89 Å². The first-order chi connectivity index (χ1) is 12.2. The van der Waals surface area contributed by atoms with Crippen LogP contribution in [-0.2, 0) is 4.79 Å². The van der Waals surface area contributed by atoms with Crippen LogP contribution in [0.4, 0.5) is 0 Å². The van der Waals surface area contributed by atoms with Gasteiger partial charge in [-0.15, -0.1) is 0 Å². The zero-order chi connectivity index (χ0) is 17.6. The lowest BCUT2D eigenvalue weighted by molar-refractivity contribution is -0.117. The Hall–Kier alpha value is -2.58. The number of amides is 1. The number of H-pyrrole nitrogens is 1. The molecule has 1 saturated carbocycles. The Morgan fingerprint density at radius 2 is 2.00 bits per heavy atom. The Balaban J connectivity index is 1.81. The summed E-state index contributed by atoms with van der Waals surface area (Å²) in [6, 6.07) is 9.46. The molecule has 0 unspecified atom stereocenters. The summed E-state index contributed by atoms with van der Waals surface area (Å²) in [4.78, 5) is 12.4. The molecule has 2 N–H and O–H groups in total. The number of hydrogen-bond acceptors (Lipinski definition) is 3. The van der Waals surface area contributed by atoms with Crippen molar-refractivity contribution < 1.29 is 4.79 Å². The van der Waals surface area contributed by atoms with Gasteiger partial charge in [0, 0.05) is 22.2 Å². The number of nitriles is 1. The van der Waals surface area contributed by atoms with Crippen molar-refractivity contribution in [3.8, 4) is 17.3 Å². The van der Waals surface area contributed by atoms with Gasteiger partial charge in [-0.25, -0.2) is 0 Å². The molecule has 1 aromatic carbocycles. The van der Waals surface area contributed by atoms with Gasteiger partial charge in [0.2, 0.25) is 0 Å². The quantitative estimate of drug-likeness (QED) is 0.641. The highest BCUT2D eigenvalue weighted by molar-refractivity contribution is 6.30. The van der Waals surface area contributed by atoms with Crippen molar-refractivity contribution in [1.82, 2.24) is 15.5 Å². The molecule has 0 radical (unpaired) electrons. The van der Waals surface area contributed by atoms with Gasteiger partial charge in [-0.1, -0.05) is 43.0 Å². The first-order valence-corrected chi connectivity index (χ1v) is 8.77. The SMILES string of the molecule is N#C/C(=C\c1cn[nH]c1-c1ccc(Cl)cc1)C(=O)NC1CCCCC1. The third-order valence-corrected chi connectivity index (χ3v) is 4.66. The summed E-state index contributed by atoms with van der Waals surface area (Å²) >= 11 is 5.92. The fourth-order valence-electron chi connectivity index (χ4n) is 3.07. The Morgan fingerprint density at radius 1 is 1.28 bits per heavy atom. The van der Waals surface area contributed by atoms with Crippen LogP contribution in [0.2, 0.25) is 5.02 Å². The lowest BCUT2D eigenvalue weighted by Gasteiger charge is -2.22. The molecule has 0 saturated heterocycles. The van der Waals surface area contributed by atoms with Crippen LogP contribution >= 0.6 is 11.6 Å². The molecule has 1 aromatic heterocycles. The number of halogens is 1. The van der Waals surface area contributed by atoms with E-state index in [2.05, 4.69) is 15.5 Å². The number of carbonyl (C=O) groups is 1. The van der Waals surface area contributed by atoms with Crippen molar-refractivity contribution in [3.05, 3.63) is 46.6 Å². The van der Waals surface area contributed by atoms with Crippen LogP contribution in [0.25, 0.3) is 17.3 Å². The van der Waals surface area contributed by atoms with E-state index < -0.39 is 0 Å². The normalized spacial score (nSPS) is 15.6. The predicted molar refractivity (Wildman–Crippen MR) is 97.6 cm³/mol. The summed E-state index contributed by atoms with van der Waals surface area (Å²) in [5.74, 6) is -0.322. The number of benzene rings is 1. The second-order valence-corrected chi connectivity index (χ2v) is 6.62. The summed E-state index contributed by atoms with van der Waals surface area (Å²) < 4.78 is 0. The second-order valence-electron chi connectivity index (χ2n) is 6.19. The second kappa shape index (κ2) is 8.00. The highest BCUT2D eigenvalue weighted by Gasteiger charge is 2.18. The molecule has 1 heterocycles. The summed E-state index contributed by atoms with van der Waals surface area (Å²) in [5, 5.41) is 20.0. The number of aromatic amines is 1. The van der Waals surface area contributed by atoms with Gasteiger partial charge < -0.3 is 5.32 Å². The van der Waals surface area contributed by atoms with E-state index in [0.717, 1.165) is 36.9 Å². The smallest absolute Gasteiger partial charge is 0.262 e. The van der Waals surface area contributed by atoms with Crippen molar-refractivity contribution in [2.45, 2.75) is 38.1 Å². The maximum Gasteiger partial charge on any atom is 0.262 e. The number of nitrogens with one attached hydrogen (secondary N) is 2. The molecule has 0 spiro atoms. The van der Waals surface area contributed by atoms with Gasteiger partial charge in [0.05, 0.1) is 11.9 Å². The van der Waals surface area contributed by atoms with Crippen LogP contribution in [-0.4, -0.2) is 22.1 Å². The molecule has 0 aliphatic heterocycles. The van der Waals surface area contributed by atoms with E-state index in [4.69, 9.17) is 11.6 Å². The average Bonchev–Trinajstić information content (AvgIpc) is 3.09. The number of rotatable bonds is 4. The fraction of sp³-hybridized carbons (Fsp3) is 0.316. The standard InChI is InChI=1S/C19H19ClN4O/c20-16-8-6-13(7-9-16)18-15(12-22-24-18)10-14(11-21)19(25)23-17-4-2-1-3-5-17/h6-10,12,17H,1-5H2,(H,22,24)(H,23,25)/b14-10+. The molecule has 3 rings (SSSR count). The Kier molecular flexibility index (Phi) is 5.52. The Labute approximate surface area is 151 Å². The van der Waals surface area contributed by atoms with Crippen LogP contribution in [0, 0.1) is 11.3 Å². The highest BCUT2D eigenvalue weighted by atomic mass is 35.5. The zero-order valence-electron chi connectivity index (χ0n) is 13.8. The molecule has 0 bridgehead atoms. The first kappa shape index (κ1) is 17.2. The summed E-state index contributed by atoms with van der Waals surface area (Å²) in [7, 11) is 0. The monoisotopic (exact) mass is 354 g/mol. The molecule has 0 atom stereocenters. The van der Waals surface area contributed by atoms with Crippen molar-refractivity contribution >= 4 is 23.6 Å². The van der Waals surface area contributed by atoms with Crippen LogP contribution in [0.5, 0.6) is 0 Å². The molecule has 1 amide bonds. The topological polar surface area (TPSA) is 81.6 Å². The van der Waals surface area contributed by atoms with E-state index in [1.54, 1.807) is 24.4 Å². The zero-order valence-corrected chi connectivity index (χ0v) is 14.5. The molecule has 1 aliphatic carbocycles. The highest BCUT2D eigenvalue weighted by Crippen LogP contribution is 2.25. The molecule has 25 heavy (non-hydrogen) atoms. The van der Waals surface area contributed by atoms with Crippen LogP contribution < -0.4 is 5.32 Å². The Bertz CT molecular complexity index is 811. The molecule has 6 heteroatoms. The van der Waals surface area contributed by atoms with E-state index in [1.807, 2.05) is 18.2 Å². The largest absolute Gasteiger partial charge is 0.349 e. The number of hydrogen-bond donors (Lipinski definition) is 2. The van der Waals surface area contributed by atoms with Gasteiger partial charge in [-0.05, 0) is 31.1 Å². The fourth-order valence-corrected chi connectivity index (χ4v) is 3.19. The van der Waals surface area contributed by atoms with Crippen LogP contribution in [0.3, 0.4) is 0 Å². The van der Waals surface area contributed by atoms with Crippen LogP contribution in [0.1, 0.15) is 37.7 Å². The third kappa shape index (κ3) is 4.28. The van der Waals surface area contributed by atoms with Gasteiger partial charge >= 0.3 is 0 Å². The average molecular weight is 355 g/mol. The van der Waals surface area contributed by atoms with Crippen molar-refractivity contribution in [2.75, 3.05) is 0 Å². The van der Waals surface area contributed by atoms with E-state index in [9.17, 15) is 10.1 Å². The summed E-state index contributed by atoms with van der Waals surface area (Å²) in [6.07, 6.45) is 8.60. The van der Waals surface area contributed by atoms with Gasteiger partial charge in [0.1, 0.15) is 11.6 Å². The maximum atomic E-state index is 12.4. The molecule has 2 aromatic rings. The van der Waals surface area contributed by atoms with Crippen molar-refractivity contribution in [1.29, 1.82) is 5.26 Å². The molecule has 1 aliphatic rings. The van der Waals surface area contributed by atoms with Gasteiger partial charge in [-0.2, -0.15) is 10.4 Å². The molecular weight excluding hydrogens is 336 g/mol. The number of carbonyl (C=O) groups excluding carboxylic acids is 1.